The summed E-state index contributed by atoms with van der Waals surface area (Å²) in [4.78, 5) is 31.0. The Morgan fingerprint density at radius 3 is 2.72 bits per heavy atom. The number of nitriles is 1. The molecule has 0 unspecified atom stereocenters. The lowest BCUT2D eigenvalue weighted by Crippen LogP contribution is -2.14. The number of benzene rings is 2. The number of H-pyrrole nitrogens is 1. The summed E-state index contributed by atoms with van der Waals surface area (Å²) in [7, 11) is 0. The van der Waals surface area contributed by atoms with E-state index in [4.69, 9.17) is 0 Å². The summed E-state index contributed by atoms with van der Waals surface area (Å²) in [6.45, 7) is 1.24. The van der Waals surface area contributed by atoms with Crippen molar-refractivity contribution in [1.29, 1.82) is 5.26 Å². The van der Waals surface area contributed by atoms with Gasteiger partial charge in [0, 0.05) is 12.5 Å². The summed E-state index contributed by atoms with van der Waals surface area (Å²) in [6, 6.07) is 12.7. The third kappa shape index (κ3) is 3.23. The van der Waals surface area contributed by atoms with E-state index in [0.29, 0.717) is 11.0 Å². The number of anilines is 1. The average molecular weight is 336 g/mol. The van der Waals surface area contributed by atoms with Gasteiger partial charge >= 0.3 is 0 Å². The number of para-hydroxylation sites is 2. The summed E-state index contributed by atoms with van der Waals surface area (Å²) in [5.74, 6) is -2.60. The number of aromatic nitrogens is 2. The smallest absolute Gasteiger partial charge is 0.221 e. The van der Waals surface area contributed by atoms with Crippen LogP contribution in [0.5, 0.6) is 0 Å². The number of halogens is 1. The highest BCUT2D eigenvalue weighted by Gasteiger charge is 2.25. The van der Waals surface area contributed by atoms with Crippen LogP contribution >= 0.6 is 0 Å². The zero-order chi connectivity index (χ0) is 18.0. The van der Waals surface area contributed by atoms with Crippen LogP contribution in [0.25, 0.3) is 11.0 Å². The first kappa shape index (κ1) is 16.3. The molecule has 0 saturated carbocycles. The Kier molecular flexibility index (Phi) is 4.27. The van der Waals surface area contributed by atoms with Gasteiger partial charge in [0.15, 0.2) is 11.7 Å². The number of imidazole rings is 1. The van der Waals surface area contributed by atoms with E-state index in [1.165, 1.54) is 19.1 Å². The molecule has 1 aromatic heterocycles. The monoisotopic (exact) mass is 336 g/mol. The predicted octanol–water partition coefficient (Wildman–Crippen LogP) is 3.15. The molecule has 2 aromatic carbocycles. The van der Waals surface area contributed by atoms with Crippen LogP contribution in [-0.2, 0) is 4.79 Å². The van der Waals surface area contributed by atoms with Crippen molar-refractivity contribution in [2.75, 3.05) is 5.32 Å². The number of ketones is 1. The Labute approximate surface area is 142 Å². The highest BCUT2D eigenvalue weighted by molar-refractivity contribution is 6.03. The lowest BCUT2D eigenvalue weighted by Gasteiger charge is -2.09. The van der Waals surface area contributed by atoms with Crippen LogP contribution in [0.3, 0.4) is 0 Å². The molecule has 0 aliphatic carbocycles. The largest absolute Gasteiger partial charge is 0.340 e. The molecule has 0 aliphatic heterocycles. The standard InChI is InChI=1S/C18H13FN4O2/c1-10(24)21-16-8-11(6-7-13(16)19)17(25)12(9-20)18-22-14-4-2-3-5-15(14)23-18/h2-8,12H,1H3,(H,21,24)(H,22,23)/t12-/m0/s1. The molecule has 25 heavy (non-hydrogen) atoms. The fourth-order valence-corrected chi connectivity index (χ4v) is 2.48. The van der Waals surface area contributed by atoms with Gasteiger partial charge in [-0.2, -0.15) is 5.26 Å². The van der Waals surface area contributed by atoms with E-state index in [1.807, 2.05) is 12.1 Å². The maximum absolute atomic E-state index is 13.7. The molecule has 0 aliphatic rings. The van der Waals surface area contributed by atoms with Gasteiger partial charge in [0.2, 0.25) is 5.91 Å². The fourth-order valence-electron chi connectivity index (χ4n) is 2.48. The minimum absolute atomic E-state index is 0.108. The molecule has 7 heteroatoms. The number of Topliss-reactive ketones (excluding diaryl/α,β-unsaturated/α-hetero) is 1. The Morgan fingerprint density at radius 2 is 2.04 bits per heavy atom. The van der Waals surface area contributed by atoms with Crippen molar-refractivity contribution in [3.8, 4) is 6.07 Å². The van der Waals surface area contributed by atoms with Gasteiger partial charge in [0.05, 0.1) is 22.8 Å². The van der Waals surface area contributed by atoms with E-state index in [9.17, 15) is 19.2 Å². The zero-order valence-electron chi connectivity index (χ0n) is 13.2. The number of hydrogen-bond acceptors (Lipinski definition) is 4. The number of amides is 1. The first-order valence-corrected chi connectivity index (χ1v) is 7.45. The molecule has 0 radical (unpaired) electrons. The van der Waals surface area contributed by atoms with Crippen LogP contribution < -0.4 is 5.32 Å². The molecule has 3 aromatic rings. The van der Waals surface area contributed by atoms with E-state index in [1.54, 1.807) is 18.2 Å². The Hall–Kier alpha value is -3.53. The van der Waals surface area contributed by atoms with Crippen LogP contribution in [0.2, 0.25) is 0 Å². The van der Waals surface area contributed by atoms with Gasteiger partial charge in [-0.1, -0.05) is 12.1 Å². The van der Waals surface area contributed by atoms with Crippen molar-refractivity contribution >= 4 is 28.4 Å². The molecule has 6 nitrogen and oxygen atoms in total. The Balaban J connectivity index is 1.97. The van der Waals surface area contributed by atoms with E-state index in [0.717, 1.165) is 6.07 Å². The number of aromatic amines is 1. The van der Waals surface area contributed by atoms with Gasteiger partial charge in [0.1, 0.15) is 11.6 Å². The third-order valence-corrected chi connectivity index (χ3v) is 3.63. The molecule has 1 heterocycles. The quantitative estimate of drug-likeness (QED) is 0.715. The number of nitrogens with zero attached hydrogens (tertiary/aromatic N) is 2. The lowest BCUT2D eigenvalue weighted by molar-refractivity contribution is -0.114. The van der Waals surface area contributed by atoms with Crippen molar-refractivity contribution in [2.24, 2.45) is 0 Å². The van der Waals surface area contributed by atoms with Crippen LogP contribution in [-0.4, -0.2) is 21.7 Å². The number of hydrogen-bond donors (Lipinski definition) is 2. The topological polar surface area (TPSA) is 98.6 Å². The molecule has 3 rings (SSSR count). The molecular formula is C18H13FN4O2. The van der Waals surface area contributed by atoms with Gasteiger partial charge in [-0.15, -0.1) is 0 Å². The second kappa shape index (κ2) is 6.53. The number of nitrogens with one attached hydrogen (secondary N) is 2. The zero-order valence-corrected chi connectivity index (χ0v) is 13.2. The molecule has 124 valence electrons. The second-order valence-corrected chi connectivity index (χ2v) is 5.44. The summed E-state index contributed by atoms with van der Waals surface area (Å²) in [5, 5.41) is 11.7. The van der Waals surface area contributed by atoms with Gasteiger partial charge in [0.25, 0.3) is 0 Å². The first-order chi connectivity index (χ1) is 12.0. The summed E-state index contributed by atoms with van der Waals surface area (Å²) in [6.07, 6.45) is 0. The lowest BCUT2D eigenvalue weighted by atomic mass is 9.97. The van der Waals surface area contributed by atoms with Crippen molar-refractivity contribution in [1.82, 2.24) is 9.97 Å². The summed E-state index contributed by atoms with van der Waals surface area (Å²) in [5.41, 5.74) is 1.35. The van der Waals surface area contributed by atoms with Crippen molar-refractivity contribution in [3.63, 3.8) is 0 Å². The summed E-state index contributed by atoms with van der Waals surface area (Å²) >= 11 is 0. The van der Waals surface area contributed by atoms with Gasteiger partial charge in [-0.05, 0) is 30.3 Å². The molecule has 2 N–H and O–H groups in total. The van der Waals surface area contributed by atoms with Gasteiger partial charge < -0.3 is 10.3 Å². The van der Waals surface area contributed by atoms with E-state index < -0.39 is 23.4 Å². The molecule has 0 spiro atoms. The highest BCUT2D eigenvalue weighted by atomic mass is 19.1. The van der Waals surface area contributed by atoms with Crippen LogP contribution in [0.4, 0.5) is 10.1 Å². The van der Waals surface area contributed by atoms with E-state index in [2.05, 4.69) is 15.3 Å². The van der Waals surface area contributed by atoms with Gasteiger partial charge in [-0.25, -0.2) is 9.37 Å². The number of rotatable bonds is 4. The second-order valence-electron chi connectivity index (χ2n) is 5.44. The van der Waals surface area contributed by atoms with Crippen LogP contribution in [0.1, 0.15) is 29.0 Å². The predicted molar refractivity (Wildman–Crippen MR) is 89.5 cm³/mol. The van der Waals surface area contributed by atoms with Crippen molar-refractivity contribution in [2.45, 2.75) is 12.8 Å². The maximum Gasteiger partial charge on any atom is 0.221 e. The maximum atomic E-state index is 13.7. The third-order valence-electron chi connectivity index (χ3n) is 3.63. The number of carbonyl (C=O) groups is 2. The number of carbonyl (C=O) groups excluding carboxylic acids is 2. The minimum Gasteiger partial charge on any atom is -0.340 e. The van der Waals surface area contributed by atoms with Crippen LogP contribution in [0.15, 0.2) is 42.5 Å². The van der Waals surface area contributed by atoms with Crippen LogP contribution in [0, 0.1) is 17.1 Å². The van der Waals surface area contributed by atoms with Crippen molar-refractivity contribution in [3.05, 3.63) is 59.7 Å². The van der Waals surface area contributed by atoms with Crippen molar-refractivity contribution < 1.29 is 14.0 Å². The molecule has 1 amide bonds. The van der Waals surface area contributed by atoms with E-state index in [-0.39, 0.29) is 17.1 Å². The Morgan fingerprint density at radius 1 is 1.28 bits per heavy atom. The normalized spacial score (nSPS) is 11.7. The molecular weight excluding hydrogens is 323 g/mol. The SMILES string of the molecule is CC(=O)Nc1cc(C(=O)[C@H](C#N)c2nc3ccccc3[nH]2)ccc1F. The molecule has 0 fully saturated rings. The molecule has 0 saturated heterocycles. The average Bonchev–Trinajstić information content (AvgIpc) is 3.00. The first-order valence-electron chi connectivity index (χ1n) is 7.45. The summed E-state index contributed by atoms with van der Waals surface area (Å²) < 4.78 is 13.7. The minimum atomic E-state index is -1.16. The molecule has 0 bridgehead atoms. The number of fused-ring (bicyclic) bond motifs is 1. The Bertz CT molecular complexity index is 986. The van der Waals surface area contributed by atoms with E-state index >= 15 is 0 Å². The molecule has 1 atom stereocenters. The van der Waals surface area contributed by atoms with Gasteiger partial charge in [-0.3, -0.25) is 9.59 Å². The highest BCUT2D eigenvalue weighted by Crippen LogP contribution is 2.24. The fraction of sp³-hybridized carbons (Fsp3) is 0.111.